The molecule has 0 saturated heterocycles. The smallest absolute Gasteiger partial charge is 0.0369 e. The fourth-order valence-corrected chi connectivity index (χ4v) is 6.42. The van der Waals surface area contributed by atoms with E-state index in [0.717, 1.165) is 0 Å². The Morgan fingerprint density at radius 3 is 1.00 bits per heavy atom. The van der Waals surface area contributed by atoms with Crippen molar-refractivity contribution in [1.29, 1.82) is 0 Å². The minimum Gasteiger partial charge on any atom is -0.0842 e. The minimum absolute atomic E-state index is 0.580. The van der Waals surface area contributed by atoms with Gasteiger partial charge in [-0.15, -0.1) is 0 Å². The highest BCUT2D eigenvalue weighted by Crippen LogP contribution is 2.46. The lowest BCUT2D eigenvalue weighted by Crippen LogP contribution is -2.33. The van der Waals surface area contributed by atoms with Crippen LogP contribution in [0, 0.1) is 0 Å². The van der Waals surface area contributed by atoms with Crippen LogP contribution in [0.25, 0.3) is 0 Å². The number of hydrogen-bond donors (Lipinski definition) is 0. The normalized spacial score (nSPS) is 43.7. The van der Waals surface area contributed by atoms with Gasteiger partial charge in [0.05, 0.1) is 0 Å². The predicted molar refractivity (Wildman–Crippen MR) is 76.4 cm³/mol. The molecule has 80 valence electrons. The van der Waals surface area contributed by atoms with Gasteiger partial charge in [0.25, 0.3) is 0 Å². The third kappa shape index (κ3) is 2.18. The molecule has 0 aliphatic heterocycles. The Morgan fingerprint density at radius 1 is 0.571 bits per heavy atom. The highest BCUT2D eigenvalue weighted by atomic mass is 79.9. The first-order valence-corrected chi connectivity index (χ1v) is 8.57. The number of rotatable bonds is 0. The molecule has 0 bridgehead atoms. The van der Waals surface area contributed by atoms with E-state index in [1.54, 1.807) is 11.1 Å². The number of hydrogen-bond acceptors (Lipinski definition) is 0. The summed E-state index contributed by atoms with van der Waals surface area (Å²) in [6.45, 7) is 0. The summed E-state index contributed by atoms with van der Waals surface area (Å²) in [6, 6.07) is 0. The van der Waals surface area contributed by atoms with Crippen molar-refractivity contribution in [3.63, 3.8) is 0 Å². The molecule has 0 heterocycles. The molecular formula is C10H12Br4. The Bertz CT molecular complexity index is 211. The summed E-state index contributed by atoms with van der Waals surface area (Å²) >= 11 is 15.2. The van der Waals surface area contributed by atoms with Gasteiger partial charge >= 0.3 is 0 Å². The van der Waals surface area contributed by atoms with E-state index in [1.165, 1.54) is 25.7 Å². The zero-order valence-electron chi connectivity index (χ0n) is 7.65. The Balaban J connectivity index is 2.40. The van der Waals surface area contributed by atoms with Crippen molar-refractivity contribution in [2.24, 2.45) is 0 Å². The second-order valence-corrected chi connectivity index (χ2v) is 8.36. The van der Waals surface area contributed by atoms with Gasteiger partial charge in [-0.3, -0.25) is 0 Å². The standard InChI is InChI=1S/C10H12Br4/c11-5-1-2-6(12)10-8(14)4-3-7(13)9(5)10/h5-8H,1-4H2. The van der Waals surface area contributed by atoms with Crippen LogP contribution < -0.4 is 0 Å². The molecule has 14 heavy (non-hydrogen) atoms. The SMILES string of the molecule is BrC1CCC(Br)C2=C1C(Br)CCC2Br. The molecule has 0 spiro atoms. The summed E-state index contributed by atoms with van der Waals surface area (Å²) in [4.78, 5) is 2.32. The highest BCUT2D eigenvalue weighted by molar-refractivity contribution is 9.10. The number of alkyl halides is 4. The molecule has 0 amide bonds. The molecule has 0 aromatic heterocycles. The maximum absolute atomic E-state index is 3.80. The monoisotopic (exact) mass is 448 g/mol. The molecule has 2 aliphatic carbocycles. The van der Waals surface area contributed by atoms with Crippen LogP contribution in [0.1, 0.15) is 25.7 Å². The van der Waals surface area contributed by atoms with Gasteiger partial charge in [-0.2, -0.15) is 0 Å². The lowest BCUT2D eigenvalue weighted by atomic mass is 9.82. The topological polar surface area (TPSA) is 0 Å². The van der Waals surface area contributed by atoms with Gasteiger partial charge in [0.1, 0.15) is 0 Å². The first-order valence-electron chi connectivity index (χ1n) is 4.91. The molecule has 0 aromatic carbocycles. The van der Waals surface area contributed by atoms with E-state index in [1.807, 2.05) is 0 Å². The van der Waals surface area contributed by atoms with Crippen molar-refractivity contribution in [3.8, 4) is 0 Å². The maximum Gasteiger partial charge on any atom is 0.0369 e. The molecule has 4 atom stereocenters. The lowest BCUT2D eigenvalue weighted by molar-refractivity contribution is 0.600. The van der Waals surface area contributed by atoms with Gasteiger partial charge in [-0.1, -0.05) is 63.7 Å². The van der Waals surface area contributed by atoms with Crippen molar-refractivity contribution in [1.82, 2.24) is 0 Å². The molecule has 2 rings (SSSR count). The van der Waals surface area contributed by atoms with Gasteiger partial charge in [-0.25, -0.2) is 0 Å². The van der Waals surface area contributed by atoms with Crippen LogP contribution in [0.4, 0.5) is 0 Å². The summed E-state index contributed by atoms with van der Waals surface area (Å²) < 4.78 is 0. The molecule has 4 heteroatoms. The zero-order valence-corrected chi connectivity index (χ0v) is 14.0. The van der Waals surface area contributed by atoms with Crippen LogP contribution in [0.3, 0.4) is 0 Å². The van der Waals surface area contributed by atoms with E-state index in [4.69, 9.17) is 0 Å². The van der Waals surface area contributed by atoms with E-state index in [9.17, 15) is 0 Å². The minimum atomic E-state index is 0.580. The quantitative estimate of drug-likeness (QED) is 0.362. The Hall–Kier alpha value is 1.66. The first-order chi connectivity index (χ1) is 6.61. The van der Waals surface area contributed by atoms with Crippen molar-refractivity contribution >= 4 is 63.7 Å². The summed E-state index contributed by atoms with van der Waals surface area (Å²) in [5, 5.41) is 0. The van der Waals surface area contributed by atoms with Crippen molar-refractivity contribution < 1.29 is 0 Å². The fraction of sp³-hybridized carbons (Fsp3) is 0.800. The van der Waals surface area contributed by atoms with Crippen LogP contribution >= 0.6 is 63.7 Å². The first kappa shape index (κ1) is 12.1. The fourth-order valence-electron chi connectivity index (χ4n) is 2.32. The van der Waals surface area contributed by atoms with Crippen LogP contribution in [-0.4, -0.2) is 19.3 Å². The summed E-state index contributed by atoms with van der Waals surface area (Å²) in [5.41, 5.74) is 3.18. The number of halogens is 4. The Kier molecular flexibility index (Phi) is 4.23. The summed E-state index contributed by atoms with van der Waals surface area (Å²) in [6.07, 6.45) is 4.99. The van der Waals surface area contributed by atoms with Crippen LogP contribution in [0.5, 0.6) is 0 Å². The third-order valence-corrected chi connectivity index (χ3v) is 6.83. The molecule has 0 aromatic rings. The molecule has 0 N–H and O–H groups in total. The Morgan fingerprint density at radius 2 is 0.786 bits per heavy atom. The molecule has 0 saturated carbocycles. The molecule has 0 radical (unpaired) electrons. The summed E-state index contributed by atoms with van der Waals surface area (Å²) in [7, 11) is 0. The highest BCUT2D eigenvalue weighted by Gasteiger charge is 2.36. The average Bonchev–Trinajstić information content (AvgIpc) is 2.16. The molecule has 0 nitrogen and oxygen atoms in total. The summed E-state index contributed by atoms with van der Waals surface area (Å²) in [5.74, 6) is 0. The molecule has 2 aliphatic rings. The third-order valence-electron chi connectivity index (χ3n) is 3.03. The van der Waals surface area contributed by atoms with Gasteiger partial charge in [0.2, 0.25) is 0 Å². The van der Waals surface area contributed by atoms with Crippen molar-refractivity contribution in [2.75, 3.05) is 0 Å². The van der Waals surface area contributed by atoms with Gasteiger partial charge in [0.15, 0.2) is 0 Å². The molecule has 4 unspecified atom stereocenters. The van der Waals surface area contributed by atoms with Crippen molar-refractivity contribution in [2.45, 2.75) is 45.0 Å². The van der Waals surface area contributed by atoms with Crippen LogP contribution in [0.2, 0.25) is 0 Å². The van der Waals surface area contributed by atoms with Gasteiger partial charge in [0, 0.05) is 19.3 Å². The number of allylic oxidation sites excluding steroid dienone is 2. The molecule has 0 fully saturated rings. The second-order valence-electron chi connectivity index (χ2n) is 3.94. The zero-order chi connectivity index (χ0) is 10.3. The van der Waals surface area contributed by atoms with E-state index < -0.39 is 0 Å². The largest absolute Gasteiger partial charge is 0.0842 e. The van der Waals surface area contributed by atoms with E-state index in [2.05, 4.69) is 63.7 Å². The average molecular weight is 452 g/mol. The predicted octanol–water partition coefficient (Wildman–Crippen LogP) is 4.92. The van der Waals surface area contributed by atoms with E-state index >= 15 is 0 Å². The van der Waals surface area contributed by atoms with E-state index in [-0.39, 0.29) is 0 Å². The maximum atomic E-state index is 3.80. The molecular weight excluding hydrogens is 440 g/mol. The van der Waals surface area contributed by atoms with Crippen molar-refractivity contribution in [3.05, 3.63) is 11.1 Å². The van der Waals surface area contributed by atoms with E-state index in [0.29, 0.717) is 19.3 Å². The van der Waals surface area contributed by atoms with Gasteiger partial charge < -0.3 is 0 Å². The Labute approximate surface area is 119 Å². The van der Waals surface area contributed by atoms with Crippen LogP contribution in [-0.2, 0) is 0 Å². The van der Waals surface area contributed by atoms with Gasteiger partial charge in [-0.05, 0) is 36.8 Å². The lowest BCUT2D eigenvalue weighted by Gasteiger charge is -2.37. The van der Waals surface area contributed by atoms with Crippen LogP contribution in [0.15, 0.2) is 11.1 Å². The second kappa shape index (κ2) is 4.89.